The first-order chi connectivity index (χ1) is 11.1. The molecule has 0 bridgehead atoms. The number of hydrogen-bond acceptors (Lipinski definition) is 3. The smallest absolute Gasteiger partial charge is 0.319 e. The minimum absolute atomic E-state index is 0.0242. The van der Waals surface area contributed by atoms with Gasteiger partial charge in [0, 0.05) is 24.6 Å². The van der Waals surface area contributed by atoms with Crippen LogP contribution in [0.5, 0.6) is 0 Å². The highest BCUT2D eigenvalue weighted by molar-refractivity contribution is 6.00. The molecule has 1 aliphatic rings. The van der Waals surface area contributed by atoms with Crippen molar-refractivity contribution in [1.82, 2.24) is 15.1 Å². The number of rotatable bonds is 4. The number of carbonyl (C=O) groups excluding carboxylic acids is 2. The van der Waals surface area contributed by atoms with Crippen LogP contribution in [0, 0.1) is 0 Å². The largest absolute Gasteiger partial charge is 0.330 e. The van der Waals surface area contributed by atoms with Gasteiger partial charge in [-0.15, -0.1) is 0 Å². The zero-order valence-corrected chi connectivity index (χ0v) is 13.1. The number of hydrogen-bond donors (Lipinski definition) is 3. The van der Waals surface area contributed by atoms with Gasteiger partial charge in [0.15, 0.2) is 0 Å². The normalized spacial score (nSPS) is 14.1. The molecule has 0 saturated heterocycles. The fourth-order valence-corrected chi connectivity index (χ4v) is 2.74. The summed E-state index contributed by atoms with van der Waals surface area (Å²) in [4.78, 5) is 23.6. The Labute approximate surface area is 134 Å². The number of benzene rings is 1. The van der Waals surface area contributed by atoms with Gasteiger partial charge in [0.2, 0.25) is 5.91 Å². The first-order valence-electron chi connectivity index (χ1n) is 7.55. The average molecular weight is 313 g/mol. The van der Waals surface area contributed by atoms with E-state index in [1.165, 1.54) is 0 Å². The van der Waals surface area contributed by atoms with Crippen LogP contribution in [0.1, 0.15) is 30.6 Å². The van der Waals surface area contributed by atoms with E-state index >= 15 is 0 Å². The van der Waals surface area contributed by atoms with Crippen molar-refractivity contribution in [2.45, 2.75) is 25.8 Å². The van der Waals surface area contributed by atoms with Gasteiger partial charge in [-0.2, -0.15) is 5.10 Å². The Morgan fingerprint density at radius 3 is 2.96 bits per heavy atom. The second-order valence-corrected chi connectivity index (χ2v) is 5.54. The number of aryl methyl sites for hydroxylation is 1. The van der Waals surface area contributed by atoms with Gasteiger partial charge >= 0.3 is 6.03 Å². The minimum atomic E-state index is -0.282. The number of anilines is 2. The molecule has 0 fully saturated rings. The zero-order valence-electron chi connectivity index (χ0n) is 13.1. The average Bonchev–Trinajstić information content (AvgIpc) is 3.09. The van der Waals surface area contributed by atoms with Crippen LogP contribution in [0.25, 0.3) is 0 Å². The summed E-state index contributed by atoms with van der Waals surface area (Å²) in [5, 5.41) is 12.7. The van der Waals surface area contributed by atoms with Crippen LogP contribution in [0.3, 0.4) is 0 Å². The van der Waals surface area contributed by atoms with E-state index in [1.54, 1.807) is 23.0 Å². The monoisotopic (exact) mass is 313 g/mol. The lowest BCUT2D eigenvalue weighted by atomic mass is 10.1. The Hall–Kier alpha value is -2.83. The topological polar surface area (TPSA) is 88.1 Å². The molecule has 0 unspecified atom stereocenters. The molecule has 1 aromatic heterocycles. The zero-order chi connectivity index (χ0) is 16.4. The highest BCUT2D eigenvalue weighted by Gasteiger charge is 2.19. The van der Waals surface area contributed by atoms with Crippen LogP contribution in [0.4, 0.5) is 16.2 Å². The van der Waals surface area contributed by atoms with Crippen molar-refractivity contribution in [3.8, 4) is 0 Å². The molecule has 2 heterocycles. The number of urea groups is 1. The Balaban J connectivity index is 1.66. The number of nitrogens with one attached hydrogen (secondary N) is 3. The minimum Gasteiger partial charge on any atom is -0.330 e. The van der Waals surface area contributed by atoms with Crippen LogP contribution < -0.4 is 16.0 Å². The van der Waals surface area contributed by atoms with Gasteiger partial charge < -0.3 is 16.0 Å². The SMILES string of the molecule is CC[C@H](NC(=O)Nc1ccc2c(c1)CC(=O)N2)c1ccnn1C. The molecule has 3 amide bonds. The van der Waals surface area contributed by atoms with Gasteiger partial charge in [0.25, 0.3) is 0 Å². The van der Waals surface area contributed by atoms with E-state index in [0.717, 1.165) is 23.4 Å². The summed E-state index contributed by atoms with van der Waals surface area (Å²) in [6, 6.07) is 6.89. The summed E-state index contributed by atoms with van der Waals surface area (Å²) in [7, 11) is 1.85. The van der Waals surface area contributed by atoms with Gasteiger partial charge in [-0.05, 0) is 36.2 Å². The first kappa shape index (κ1) is 15.1. The summed E-state index contributed by atoms with van der Waals surface area (Å²) in [6.45, 7) is 2.00. The molecule has 0 radical (unpaired) electrons. The van der Waals surface area contributed by atoms with E-state index < -0.39 is 0 Å². The predicted octanol–water partition coefficient (Wildman–Crippen LogP) is 2.19. The maximum atomic E-state index is 12.2. The van der Waals surface area contributed by atoms with Crippen LogP contribution in [-0.4, -0.2) is 21.7 Å². The first-order valence-corrected chi connectivity index (χ1v) is 7.55. The molecule has 3 N–H and O–H groups in total. The lowest BCUT2D eigenvalue weighted by Crippen LogP contribution is -2.33. The van der Waals surface area contributed by atoms with Gasteiger partial charge in [-0.1, -0.05) is 6.92 Å². The van der Waals surface area contributed by atoms with Crippen LogP contribution in [0.15, 0.2) is 30.5 Å². The number of nitrogens with zero attached hydrogens (tertiary/aromatic N) is 2. The van der Waals surface area contributed by atoms with E-state index in [4.69, 9.17) is 0 Å². The molecule has 1 atom stereocenters. The Morgan fingerprint density at radius 2 is 2.26 bits per heavy atom. The summed E-state index contributed by atoms with van der Waals surface area (Å²) in [6.07, 6.45) is 2.82. The van der Waals surface area contributed by atoms with Crippen molar-refractivity contribution in [3.05, 3.63) is 41.7 Å². The van der Waals surface area contributed by atoms with E-state index in [1.807, 2.05) is 26.1 Å². The van der Waals surface area contributed by atoms with E-state index in [2.05, 4.69) is 21.0 Å². The van der Waals surface area contributed by atoms with Crippen molar-refractivity contribution >= 4 is 23.3 Å². The predicted molar refractivity (Wildman–Crippen MR) is 87.2 cm³/mol. The van der Waals surface area contributed by atoms with E-state index in [0.29, 0.717) is 12.1 Å². The van der Waals surface area contributed by atoms with Crippen LogP contribution >= 0.6 is 0 Å². The molecule has 0 spiro atoms. The molecular formula is C16H19N5O2. The van der Waals surface area contributed by atoms with Crippen LogP contribution in [0.2, 0.25) is 0 Å². The Kier molecular flexibility index (Phi) is 4.01. The lowest BCUT2D eigenvalue weighted by molar-refractivity contribution is -0.115. The number of carbonyl (C=O) groups is 2. The molecule has 0 aliphatic carbocycles. The van der Waals surface area contributed by atoms with Crippen molar-refractivity contribution < 1.29 is 9.59 Å². The highest BCUT2D eigenvalue weighted by Crippen LogP contribution is 2.26. The summed E-state index contributed by atoms with van der Waals surface area (Å²) < 4.78 is 1.75. The molecule has 2 aromatic rings. The summed E-state index contributed by atoms with van der Waals surface area (Å²) >= 11 is 0. The fraction of sp³-hybridized carbons (Fsp3) is 0.312. The quantitative estimate of drug-likeness (QED) is 0.808. The Morgan fingerprint density at radius 1 is 1.43 bits per heavy atom. The maximum absolute atomic E-state index is 12.2. The molecule has 0 saturated carbocycles. The fourth-order valence-electron chi connectivity index (χ4n) is 2.74. The van der Waals surface area contributed by atoms with E-state index in [9.17, 15) is 9.59 Å². The molecule has 7 nitrogen and oxygen atoms in total. The Bertz CT molecular complexity index is 753. The third kappa shape index (κ3) is 3.18. The van der Waals surface area contributed by atoms with Gasteiger partial charge in [0.05, 0.1) is 18.2 Å². The molecular weight excluding hydrogens is 294 g/mol. The van der Waals surface area contributed by atoms with Gasteiger partial charge in [-0.3, -0.25) is 9.48 Å². The molecule has 23 heavy (non-hydrogen) atoms. The van der Waals surface area contributed by atoms with E-state index in [-0.39, 0.29) is 18.0 Å². The molecule has 1 aliphatic heterocycles. The standard InChI is InChI=1S/C16H19N5O2/c1-3-12(14-6-7-17-21(14)2)20-16(23)18-11-4-5-13-10(8-11)9-15(22)19-13/h4-8,12H,3,9H2,1-2H3,(H,19,22)(H2,18,20,23)/t12-/m0/s1. The summed E-state index contributed by atoms with van der Waals surface area (Å²) in [5.74, 6) is -0.0242. The van der Waals surface area contributed by atoms with Crippen LogP contribution in [-0.2, 0) is 18.3 Å². The van der Waals surface area contributed by atoms with Crippen molar-refractivity contribution in [3.63, 3.8) is 0 Å². The number of fused-ring (bicyclic) bond motifs is 1. The second-order valence-electron chi connectivity index (χ2n) is 5.54. The summed E-state index contributed by atoms with van der Waals surface area (Å²) in [5.41, 5.74) is 3.32. The lowest BCUT2D eigenvalue weighted by Gasteiger charge is -2.18. The van der Waals surface area contributed by atoms with Crippen molar-refractivity contribution in [2.75, 3.05) is 10.6 Å². The maximum Gasteiger partial charge on any atom is 0.319 e. The number of aromatic nitrogens is 2. The third-order valence-electron chi connectivity index (χ3n) is 3.92. The van der Waals surface area contributed by atoms with Gasteiger partial charge in [-0.25, -0.2) is 4.79 Å². The molecule has 3 rings (SSSR count). The van der Waals surface area contributed by atoms with Gasteiger partial charge in [0.1, 0.15) is 0 Å². The highest BCUT2D eigenvalue weighted by atomic mass is 16.2. The molecule has 7 heteroatoms. The second kappa shape index (κ2) is 6.12. The third-order valence-corrected chi connectivity index (χ3v) is 3.92. The number of amides is 3. The van der Waals surface area contributed by atoms with Crippen molar-refractivity contribution in [2.24, 2.45) is 7.05 Å². The van der Waals surface area contributed by atoms with Crippen molar-refractivity contribution in [1.29, 1.82) is 0 Å². The molecule has 1 aromatic carbocycles. The molecule has 120 valence electrons.